The van der Waals surface area contributed by atoms with Crippen LogP contribution in [0.1, 0.15) is 39.2 Å². The quantitative estimate of drug-likeness (QED) is 0.881. The maximum absolute atomic E-state index is 12.5. The van der Waals surface area contributed by atoms with Crippen LogP contribution < -0.4 is 10.2 Å². The van der Waals surface area contributed by atoms with Gasteiger partial charge in [-0.3, -0.25) is 9.69 Å². The molecule has 25 heavy (non-hydrogen) atoms. The smallest absolute Gasteiger partial charge is 0.237 e. The fourth-order valence-corrected chi connectivity index (χ4v) is 3.95. The number of hydrogen-bond donors (Lipinski definition) is 1. The fourth-order valence-electron chi connectivity index (χ4n) is 3.95. The van der Waals surface area contributed by atoms with E-state index in [1.54, 1.807) is 0 Å². The van der Waals surface area contributed by atoms with Crippen molar-refractivity contribution >= 4 is 11.7 Å². The number of anilines is 1. The molecular weight excluding hydrogens is 316 g/mol. The van der Waals surface area contributed by atoms with E-state index in [4.69, 9.17) is 4.74 Å². The first-order chi connectivity index (χ1) is 12.1. The molecule has 3 rings (SSSR count). The van der Waals surface area contributed by atoms with E-state index >= 15 is 0 Å². The van der Waals surface area contributed by atoms with E-state index in [0.717, 1.165) is 37.7 Å². The fraction of sp³-hybridized carbons (Fsp3) is 0.684. The molecule has 2 aliphatic heterocycles. The van der Waals surface area contributed by atoms with Crippen molar-refractivity contribution in [3.8, 4) is 0 Å². The molecule has 6 heteroatoms. The topological polar surface area (TPSA) is 57.7 Å². The minimum atomic E-state index is -0.0897. The summed E-state index contributed by atoms with van der Waals surface area (Å²) in [5, 5.41) is 3.06. The third kappa shape index (κ3) is 4.30. The van der Waals surface area contributed by atoms with Crippen molar-refractivity contribution in [2.75, 3.05) is 31.2 Å². The Hall–Kier alpha value is -1.66. The number of morpholine rings is 1. The molecule has 138 valence electrons. The summed E-state index contributed by atoms with van der Waals surface area (Å²) < 4.78 is 5.37. The summed E-state index contributed by atoms with van der Waals surface area (Å²) in [5.41, 5.74) is 1.03. The molecule has 1 aromatic rings. The first-order valence-corrected chi connectivity index (χ1v) is 9.39. The van der Waals surface area contributed by atoms with Gasteiger partial charge in [0.05, 0.1) is 19.3 Å². The standard InChI is InChI=1S/C19H30N4O2/c1-14-4-5-15(2)23(14)16(3)19(24)21-13-17-6-7-18(20-12-17)22-8-10-25-11-9-22/h6-7,12,14-16H,4-5,8-11,13H2,1-3H3,(H,21,24)/t14-,15+,16-/m0/s1. The summed E-state index contributed by atoms with van der Waals surface area (Å²) in [4.78, 5) is 21.6. The number of hydrogen-bond acceptors (Lipinski definition) is 5. The molecule has 1 amide bonds. The molecule has 0 aliphatic carbocycles. The molecule has 6 nitrogen and oxygen atoms in total. The van der Waals surface area contributed by atoms with Gasteiger partial charge in [-0.25, -0.2) is 4.98 Å². The predicted octanol–water partition coefficient (Wildman–Crippen LogP) is 1.80. The van der Waals surface area contributed by atoms with Gasteiger partial charge in [-0.05, 0) is 45.2 Å². The van der Waals surface area contributed by atoms with E-state index in [9.17, 15) is 4.79 Å². The van der Waals surface area contributed by atoms with Crippen LogP contribution in [0.5, 0.6) is 0 Å². The monoisotopic (exact) mass is 346 g/mol. The lowest BCUT2D eigenvalue weighted by molar-refractivity contribution is -0.127. The van der Waals surface area contributed by atoms with Crippen LogP contribution in [0.3, 0.4) is 0 Å². The lowest BCUT2D eigenvalue weighted by Gasteiger charge is -2.31. The summed E-state index contributed by atoms with van der Waals surface area (Å²) in [6, 6.07) is 4.94. The molecule has 1 aromatic heterocycles. The van der Waals surface area contributed by atoms with Crippen LogP contribution in [0.4, 0.5) is 5.82 Å². The SMILES string of the molecule is C[C@@H]1CC[C@H](C)N1[C@@H](C)C(=O)NCc1ccc(N2CCOCC2)nc1. The zero-order valence-corrected chi connectivity index (χ0v) is 15.6. The maximum Gasteiger partial charge on any atom is 0.237 e. The summed E-state index contributed by atoms with van der Waals surface area (Å²) in [5.74, 6) is 1.07. The van der Waals surface area contributed by atoms with Gasteiger partial charge in [0.2, 0.25) is 5.91 Å². The third-order valence-electron chi connectivity index (χ3n) is 5.46. The van der Waals surface area contributed by atoms with Gasteiger partial charge in [0.1, 0.15) is 5.82 Å². The van der Waals surface area contributed by atoms with Crippen molar-refractivity contribution in [3.63, 3.8) is 0 Å². The summed E-state index contributed by atoms with van der Waals surface area (Å²) in [6.45, 7) is 10.2. The van der Waals surface area contributed by atoms with Gasteiger partial charge in [0, 0.05) is 37.9 Å². The number of carbonyl (C=O) groups is 1. The number of aromatic nitrogens is 1. The van der Waals surface area contributed by atoms with Gasteiger partial charge in [-0.1, -0.05) is 6.07 Å². The van der Waals surface area contributed by atoms with Gasteiger partial charge in [-0.15, -0.1) is 0 Å². The van der Waals surface area contributed by atoms with Crippen LogP contribution in [0.15, 0.2) is 18.3 Å². The highest BCUT2D eigenvalue weighted by Crippen LogP contribution is 2.25. The van der Waals surface area contributed by atoms with Crippen LogP contribution in [0, 0.1) is 0 Å². The van der Waals surface area contributed by atoms with Gasteiger partial charge in [-0.2, -0.15) is 0 Å². The number of nitrogens with one attached hydrogen (secondary N) is 1. The van der Waals surface area contributed by atoms with Gasteiger partial charge in [0.15, 0.2) is 0 Å². The van der Waals surface area contributed by atoms with Gasteiger partial charge >= 0.3 is 0 Å². The molecule has 1 N–H and O–H groups in total. The van der Waals surface area contributed by atoms with Crippen LogP contribution in [-0.4, -0.2) is 60.2 Å². The second kappa shape index (κ2) is 8.15. The number of likely N-dealkylation sites (tertiary alicyclic amines) is 1. The number of pyridine rings is 1. The molecule has 2 saturated heterocycles. The summed E-state index contributed by atoms with van der Waals surface area (Å²) >= 11 is 0. The second-order valence-electron chi connectivity index (χ2n) is 7.24. The molecule has 0 saturated carbocycles. The number of nitrogens with zero attached hydrogens (tertiary/aromatic N) is 3. The van der Waals surface area contributed by atoms with Gasteiger partial charge in [0.25, 0.3) is 0 Å². The normalized spacial score (nSPS) is 25.8. The van der Waals surface area contributed by atoms with Crippen molar-refractivity contribution in [2.45, 2.75) is 58.3 Å². The van der Waals surface area contributed by atoms with E-state index in [1.807, 2.05) is 25.3 Å². The minimum Gasteiger partial charge on any atom is -0.378 e. The third-order valence-corrected chi connectivity index (χ3v) is 5.46. The lowest BCUT2D eigenvalue weighted by atomic mass is 10.2. The first-order valence-electron chi connectivity index (χ1n) is 9.39. The molecule has 0 bridgehead atoms. The number of amides is 1. The van der Waals surface area contributed by atoms with Crippen LogP contribution in [0.25, 0.3) is 0 Å². The molecule has 0 spiro atoms. The molecule has 2 fully saturated rings. The largest absolute Gasteiger partial charge is 0.378 e. The highest BCUT2D eigenvalue weighted by atomic mass is 16.5. The van der Waals surface area contributed by atoms with Crippen LogP contribution in [0.2, 0.25) is 0 Å². The Labute approximate surface area is 150 Å². The molecular formula is C19H30N4O2. The van der Waals surface area contributed by atoms with E-state index in [-0.39, 0.29) is 11.9 Å². The maximum atomic E-state index is 12.5. The summed E-state index contributed by atoms with van der Waals surface area (Å²) in [7, 11) is 0. The molecule has 2 aliphatic rings. The Morgan fingerprint density at radius 3 is 2.56 bits per heavy atom. The summed E-state index contributed by atoms with van der Waals surface area (Å²) in [6.07, 6.45) is 4.20. The lowest BCUT2D eigenvalue weighted by Crippen LogP contribution is -2.48. The highest BCUT2D eigenvalue weighted by Gasteiger charge is 2.34. The average Bonchev–Trinajstić information content (AvgIpc) is 2.98. The van der Waals surface area contributed by atoms with Crippen LogP contribution in [-0.2, 0) is 16.1 Å². The first kappa shape index (κ1) is 18.1. The Balaban J connectivity index is 1.51. The molecule has 3 atom stereocenters. The van der Waals surface area contributed by atoms with Crippen LogP contribution >= 0.6 is 0 Å². The number of rotatable bonds is 5. The van der Waals surface area contributed by atoms with Crippen molar-refractivity contribution < 1.29 is 9.53 Å². The zero-order chi connectivity index (χ0) is 17.8. The van der Waals surface area contributed by atoms with E-state index < -0.39 is 0 Å². The van der Waals surface area contributed by atoms with E-state index in [0.29, 0.717) is 18.6 Å². The van der Waals surface area contributed by atoms with Crippen molar-refractivity contribution in [1.82, 2.24) is 15.2 Å². The molecule has 0 radical (unpaired) electrons. The molecule has 0 unspecified atom stereocenters. The van der Waals surface area contributed by atoms with Crippen molar-refractivity contribution in [1.29, 1.82) is 0 Å². The second-order valence-corrected chi connectivity index (χ2v) is 7.24. The average molecular weight is 346 g/mol. The predicted molar refractivity (Wildman–Crippen MR) is 98.6 cm³/mol. The molecule has 0 aromatic carbocycles. The van der Waals surface area contributed by atoms with Crippen molar-refractivity contribution in [2.24, 2.45) is 0 Å². The highest BCUT2D eigenvalue weighted by molar-refractivity contribution is 5.81. The molecule has 3 heterocycles. The number of ether oxygens (including phenoxy) is 1. The van der Waals surface area contributed by atoms with E-state index in [1.165, 1.54) is 12.8 Å². The van der Waals surface area contributed by atoms with Crippen molar-refractivity contribution in [3.05, 3.63) is 23.9 Å². The number of carbonyl (C=O) groups excluding carboxylic acids is 1. The Kier molecular flexibility index (Phi) is 5.91. The Morgan fingerprint density at radius 2 is 1.96 bits per heavy atom. The van der Waals surface area contributed by atoms with Gasteiger partial charge < -0.3 is 15.0 Å². The zero-order valence-electron chi connectivity index (χ0n) is 15.6. The van der Waals surface area contributed by atoms with E-state index in [2.05, 4.69) is 33.9 Å². The Morgan fingerprint density at radius 1 is 1.28 bits per heavy atom. The Bertz CT molecular complexity index is 561. The minimum absolute atomic E-state index is 0.0897.